The number of rotatable bonds is 4. The summed E-state index contributed by atoms with van der Waals surface area (Å²) in [5.41, 5.74) is 2.36. The number of piperidine rings is 3. The zero-order valence-electron chi connectivity index (χ0n) is 16.6. The Hall–Kier alpha value is -1.000. The second kappa shape index (κ2) is 9.43. The number of aryl methyl sites for hydroxylation is 1. The number of hydrogen-bond acceptors (Lipinski definition) is 4. The van der Waals surface area contributed by atoms with Crippen LogP contribution in [0.3, 0.4) is 0 Å². The molecule has 5 rings (SSSR count). The van der Waals surface area contributed by atoms with E-state index in [1.165, 1.54) is 53.7 Å². The van der Waals surface area contributed by atoms with Gasteiger partial charge in [0.15, 0.2) is 0 Å². The monoisotopic (exact) mass is 529 g/mol. The first-order valence-corrected chi connectivity index (χ1v) is 12.5. The van der Waals surface area contributed by atoms with Gasteiger partial charge in [-0.05, 0) is 59.3 Å². The first-order valence-electron chi connectivity index (χ1n) is 9.97. The van der Waals surface area contributed by atoms with Crippen molar-refractivity contribution in [3.63, 3.8) is 0 Å². The molecule has 2 aromatic carbocycles. The Morgan fingerprint density at radius 2 is 1.66 bits per heavy atom. The number of fused-ring (bicyclic) bond motifs is 3. The highest BCUT2D eigenvalue weighted by atomic mass is 127. The number of nitrogens with zero attached hydrogens (tertiary/aromatic N) is 1. The van der Waals surface area contributed by atoms with Crippen molar-refractivity contribution in [3.8, 4) is 0 Å². The lowest BCUT2D eigenvalue weighted by Crippen LogP contribution is -2.64. The van der Waals surface area contributed by atoms with Gasteiger partial charge in [0.1, 0.15) is 22.8 Å². The third-order valence-corrected chi connectivity index (χ3v) is 7.73. The van der Waals surface area contributed by atoms with Crippen molar-refractivity contribution in [2.24, 2.45) is 5.92 Å². The summed E-state index contributed by atoms with van der Waals surface area (Å²) in [4.78, 5) is -0.178. The highest BCUT2D eigenvalue weighted by Gasteiger charge is 2.44. The van der Waals surface area contributed by atoms with Crippen molar-refractivity contribution >= 4 is 32.7 Å². The van der Waals surface area contributed by atoms with E-state index >= 15 is 0 Å². The maximum atomic E-state index is 10.4. The lowest BCUT2D eigenvalue weighted by atomic mass is 9.83. The van der Waals surface area contributed by atoms with E-state index in [1.54, 1.807) is 12.1 Å². The smallest absolute Gasteiger partial charge is 0.124 e. The molecule has 1 N–H and O–H groups in total. The topological polar surface area (TPSA) is 77.4 Å². The van der Waals surface area contributed by atoms with Gasteiger partial charge in [0, 0.05) is 28.8 Å². The summed E-state index contributed by atoms with van der Waals surface area (Å²) in [6.07, 6.45) is 3.57. The fraction of sp³-hybridized carbons (Fsp3) is 0.455. The molecule has 3 saturated heterocycles. The minimum atomic E-state index is -4.27. The molecule has 1 unspecified atom stereocenters. The predicted molar refractivity (Wildman–Crippen MR) is 120 cm³/mol. The van der Waals surface area contributed by atoms with Crippen molar-refractivity contribution in [2.45, 2.75) is 37.2 Å². The maximum Gasteiger partial charge on any atom is 0.124 e. The van der Waals surface area contributed by atoms with Crippen LogP contribution in [0.4, 0.5) is 0 Å². The molecular weight excluding hydrogens is 501 g/mol. The Labute approximate surface area is 187 Å². The quantitative estimate of drug-likeness (QED) is 0.375. The molecule has 2 bridgehead atoms. The van der Waals surface area contributed by atoms with Crippen molar-refractivity contribution in [1.82, 2.24) is 0 Å². The number of halogens is 1. The Morgan fingerprint density at radius 1 is 1.07 bits per heavy atom. The van der Waals surface area contributed by atoms with Gasteiger partial charge in [-0.1, -0.05) is 29.8 Å². The van der Waals surface area contributed by atoms with Crippen LogP contribution < -0.4 is 0 Å². The van der Waals surface area contributed by atoms with E-state index in [-0.39, 0.29) is 11.0 Å². The van der Waals surface area contributed by atoms with Crippen molar-refractivity contribution < 1.29 is 22.6 Å². The van der Waals surface area contributed by atoms with Crippen LogP contribution >= 0.6 is 22.6 Å². The second-order valence-electron chi connectivity index (χ2n) is 8.24. The third-order valence-electron chi connectivity index (χ3n) is 6.16. The van der Waals surface area contributed by atoms with Crippen LogP contribution in [-0.2, 0) is 16.5 Å². The van der Waals surface area contributed by atoms with E-state index in [0.29, 0.717) is 5.92 Å². The van der Waals surface area contributed by atoms with E-state index in [4.69, 9.17) is 0 Å². The summed E-state index contributed by atoms with van der Waals surface area (Å²) in [6.45, 7) is 6.58. The van der Waals surface area contributed by atoms with Crippen molar-refractivity contribution in [2.75, 3.05) is 26.2 Å². The van der Waals surface area contributed by atoms with Crippen LogP contribution in [-0.4, -0.2) is 54.8 Å². The Morgan fingerprint density at radius 3 is 2.17 bits per heavy atom. The first-order chi connectivity index (χ1) is 13.7. The highest BCUT2D eigenvalue weighted by Crippen LogP contribution is 2.34. The molecule has 0 aliphatic carbocycles. The summed E-state index contributed by atoms with van der Waals surface area (Å²) in [6, 6.07) is 14.6. The molecule has 0 aromatic heterocycles. The molecule has 3 aliphatic rings. The van der Waals surface area contributed by atoms with Crippen LogP contribution in [0.2, 0.25) is 0 Å². The molecule has 3 aliphatic heterocycles. The zero-order chi connectivity index (χ0) is 21.1. The Kier molecular flexibility index (Phi) is 7.37. The number of aliphatic hydroxyl groups excluding tert-OH is 1. The van der Waals surface area contributed by atoms with E-state index < -0.39 is 10.1 Å². The molecule has 1 atom stereocenters. The molecule has 3 fully saturated rings. The lowest BCUT2D eigenvalue weighted by Gasteiger charge is -2.51. The van der Waals surface area contributed by atoms with E-state index in [1.807, 2.05) is 6.92 Å². The van der Waals surface area contributed by atoms with Crippen LogP contribution in [0, 0.1) is 16.4 Å². The highest BCUT2D eigenvalue weighted by molar-refractivity contribution is 14.1. The molecule has 158 valence electrons. The Bertz CT molecular complexity index is 905. The van der Waals surface area contributed by atoms with Gasteiger partial charge in [0.2, 0.25) is 0 Å². The number of quaternary nitrogens is 1. The number of benzene rings is 2. The van der Waals surface area contributed by atoms with Crippen LogP contribution in [0.5, 0.6) is 0 Å². The molecule has 7 heteroatoms. The molecule has 0 saturated carbocycles. The standard InChI is InChI=1S/C15H21INO.C7H8O3S/c16-14-3-1-12(2-4-14)5-8-17-9-6-13(7-10-17)15(18)11-17;1-6-2-4-7(5-3-6)11(8,9)10/h1-4,13,15,18H,5-11H2;2-5H,1H3,(H,8,9,10)/q+1;/p-1. The molecule has 0 radical (unpaired) electrons. The van der Waals surface area contributed by atoms with Crippen LogP contribution in [0.1, 0.15) is 24.0 Å². The van der Waals surface area contributed by atoms with Crippen molar-refractivity contribution in [1.29, 1.82) is 0 Å². The minimum absolute atomic E-state index is 0.0378. The third kappa shape index (κ3) is 6.24. The molecule has 0 spiro atoms. The molecule has 5 nitrogen and oxygen atoms in total. The van der Waals surface area contributed by atoms with Gasteiger partial charge < -0.3 is 14.1 Å². The minimum Gasteiger partial charge on any atom is -0.744 e. The predicted octanol–water partition coefficient (Wildman–Crippen LogP) is 3.33. The average molecular weight is 529 g/mol. The summed E-state index contributed by atoms with van der Waals surface area (Å²) in [5, 5.41) is 10.1. The van der Waals surface area contributed by atoms with Crippen LogP contribution in [0.25, 0.3) is 0 Å². The fourth-order valence-electron chi connectivity index (χ4n) is 4.29. The summed E-state index contributed by atoms with van der Waals surface area (Å²) in [7, 11) is -4.27. The normalized spacial score (nSPS) is 25.9. The van der Waals surface area contributed by atoms with Gasteiger partial charge in [0.25, 0.3) is 0 Å². The summed E-state index contributed by atoms with van der Waals surface area (Å²) >= 11 is 2.35. The van der Waals surface area contributed by atoms with Gasteiger partial charge in [-0.2, -0.15) is 0 Å². The lowest BCUT2D eigenvalue weighted by molar-refractivity contribution is -0.946. The SMILES string of the molecule is Cc1ccc(S(=O)(=O)[O-])cc1.OC1C[N+]2(CCc3ccc(I)cc3)CCC1CC2. The van der Waals surface area contributed by atoms with Crippen LogP contribution in [0.15, 0.2) is 53.4 Å². The van der Waals surface area contributed by atoms with Gasteiger partial charge in [-0.15, -0.1) is 0 Å². The maximum absolute atomic E-state index is 10.4. The van der Waals surface area contributed by atoms with E-state index in [2.05, 4.69) is 46.9 Å². The summed E-state index contributed by atoms with van der Waals surface area (Å²) in [5.74, 6) is 0.600. The largest absolute Gasteiger partial charge is 0.744 e. The molecule has 3 heterocycles. The average Bonchev–Trinajstić information content (AvgIpc) is 2.68. The fourth-order valence-corrected chi connectivity index (χ4v) is 5.11. The summed E-state index contributed by atoms with van der Waals surface area (Å²) < 4.78 is 33.6. The van der Waals surface area contributed by atoms with Crippen molar-refractivity contribution in [3.05, 3.63) is 63.2 Å². The van der Waals surface area contributed by atoms with E-state index in [9.17, 15) is 18.1 Å². The van der Waals surface area contributed by atoms with E-state index in [0.717, 1.165) is 23.0 Å². The number of aliphatic hydroxyl groups is 1. The zero-order valence-corrected chi connectivity index (χ0v) is 19.6. The van der Waals surface area contributed by atoms with Gasteiger partial charge >= 0.3 is 0 Å². The molecular formula is C22H28INO4S. The van der Waals surface area contributed by atoms with Gasteiger partial charge in [-0.3, -0.25) is 0 Å². The Balaban J connectivity index is 0.000000188. The molecule has 2 aromatic rings. The van der Waals surface area contributed by atoms with Gasteiger partial charge in [-0.25, -0.2) is 8.42 Å². The first kappa shape index (κ1) is 22.7. The van der Waals surface area contributed by atoms with Gasteiger partial charge in [0.05, 0.1) is 24.5 Å². The second-order valence-corrected chi connectivity index (χ2v) is 10.9. The molecule has 29 heavy (non-hydrogen) atoms. The molecule has 0 amide bonds. The number of hydrogen-bond donors (Lipinski definition) is 1.